The third kappa shape index (κ3) is 3.25. The molecule has 2 rings (SSSR count). The predicted octanol–water partition coefficient (Wildman–Crippen LogP) is 3.81. The number of aromatic nitrogens is 2. The van der Waals surface area contributed by atoms with E-state index in [-0.39, 0.29) is 6.04 Å². The highest BCUT2D eigenvalue weighted by Gasteiger charge is 2.20. The summed E-state index contributed by atoms with van der Waals surface area (Å²) in [4.78, 5) is 1.26. The van der Waals surface area contributed by atoms with Crippen LogP contribution in [-0.2, 0) is 6.42 Å². The van der Waals surface area contributed by atoms with Gasteiger partial charge in [0.15, 0.2) is 0 Å². The van der Waals surface area contributed by atoms with Crippen LogP contribution in [0.1, 0.15) is 53.6 Å². The number of hydrogen-bond donors (Lipinski definition) is 1. The molecule has 20 heavy (non-hydrogen) atoms. The van der Waals surface area contributed by atoms with Crippen molar-refractivity contribution in [1.29, 1.82) is 0 Å². The van der Waals surface area contributed by atoms with E-state index >= 15 is 0 Å². The van der Waals surface area contributed by atoms with Crippen molar-refractivity contribution >= 4 is 11.5 Å². The molecular formula is C16H23N3S. The molecule has 0 saturated carbocycles. The Morgan fingerprint density at radius 2 is 2.00 bits per heavy atom. The molecule has 3 nitrogen and oxygen atoms in total. The van der Waals surface area contributed by atoms with Crippen molar-refractivity contribution in [1.82, 2.24) is 14.9 Å². The average molecular weight is 289 g/mol. The number of aryl methyl sites for hydroxylation is 3. The molecule has 0 radical (unpaired) electrons. The van der Waals surface area contributed by atoms with Crippen LogP contribution in [0.2, 0.25) is 0 Å². The van der Waals surface area contributed by atoms with Crippen LogP contribution in [0.4, 0.5) is 0 Å². The van der Waals surface area contributed by atoms with Gasteiger partial charge in [-0.1, -0.05) is 43.0 Å². The lowest BCUT2D eigenvalue weighted by molar-refractivity contribution is 0.630. The van der Waals surface area contributed by atoms with Crippen molar-refractivity contribution in [3.05, 3.63) is 45.5 Å². The number of nitrogens with zero attached hydrogens (tertiary/aromatic N) is 2. The van der Waals surface area contributed by atoms with Crippen molar-refractivity contribution in [3.8, 4) is 0 Å². The van der Waals surface area contributed by atoms with Gasteiger partial charge in [0.1, 0.15) is 0 Å². The molecule has 108 valence electrons. The molecule has 4 heteroatoms. The molecule has 1 atom stereocenters. The second-order valence-corrected chi connectivity index (χ2v) is 5.95. The largest absolute Gasteiger partial charge is 0.306 e. The number of nitrogens with one attached hydrogen (secondary N) is 1. The Bertz CT molecular complexity index is 563. The van der Waals surface area contributed by atoms with Gasteiger partial charge in [0.2, 0.25) is 0 Å². The topological polar surface area (TPSA) is 37.8 Å². The Kier molecular flexibility index (Phi) is 5.26. The van der Waals surface area contributed by atoms with Crippen molar-refractivity contribution < 1.29 is 0 Å². The fraction of sp³-hybridized carbons (Fsp3) is 0.500. The third-order valence-corrected chi connectivity index (χ3v) is 4.44. The summed E-state index contributed by atoms with van der Waals surface area (Å²) in [5, 5.41) is 7.88. The molecule has 1 N–H and O–H groups in total. The molecule has 0 aliphatic rings. The number of benzene rings is 1. The van der Waals surface area contributed by atoms with Crippen molar-refractivity contribution in [2.45, 2.75) is 46.6 Å². The molecular weight excluding hydrogens is 266 g/mol. The van der Waals surface area contributed by atoms with Gasteiger partial charge >= 0.3 is 0 Å². The lowest BCUT2D eigenvalue weighted by Crippen LogP contribution is -2.22. The second kappa shape index (κ2) is 6.95. The first kappa shape index (κ1) is 15.1. The summed E-state index contributed by atoms with van der Waals surface area (Å²) in [5.41, 5.74) is 5.11. The number of hydrogen-bond acceptors (Lipinski definition) is 4. The van der Waals surface area contributed by atoms with E-state index in [9.17, 15) is 0 Å². The van der Waals surface area contributed by atoms with Gasteiger partial charge in [-0.25, -0.2) is 0 Å². The monoisotopic (exact) mass is 289 g/mol. The lowest BCUT2D eigenvalue weighted by atomic mass is 9.98. The molecule has 0 spiro atoms. The van der Waals surface area contributed by atoms with Gasteiger partial charge in [0.25, 0.3) is 0 Å². The maximum Gasteiger partial charge on any atom is 0.0807 e. The molecule has 1 heterocycles. The van der Waals surface area contributed by atoms with Gasteiger partial charge in [-0.05, 0) is 55.0 Å². The van der Waals surface area contributed by atoms with E-state index in [1.807, 2.05) is 0 Å². The van der Waals surface area contributed by atoms with Crippen molar-refractivity contribution in [3.63, 3.8) is 0 Å². The molecule has 0 aliphatic heterocycles. The van der Waals surface area contributed by atoms with Crippen LogP contribution in [0, 0.1) is 13.8 Å². The van der Waals surface area contributed by atoms with E-state index in [0.717, 1.165) is 25.1 Å². The van der Waals surface area contributed by atoms with Gasteiger partial charge in [-0.15, -0.1) is 5.10 Å². The Balaban J connectivity index is 2.39. The summed E-state index contributed by atoms with van der Waals surface area (Å²) in [6.45, 7) is 9.57. The van der Waals surface area contributed by atoms with Crippen LogP contribution in [0.25, 0.3) is 0 Å². The van der Waals surface area contributed by atoms with E-state index in [0.29, 0.717) is 0 Å². The minimum Gasteiger partial charge on any atom is -0.306 e. The van der Waals surface area contributed by atoms with Gasteiger partial charge < -0.3 is 5.32 Å². The summed E-state index contributed by atoms with van der Waals surface area (Å²) in [5.74, 6) is 0. The zero-order valence-corrected chi connectivity index (χ0v) is 13.5. The first-order valence-corrected chi connectivity index (χ1v) is 8.06. The summed E-state index contributed by atoms with van der Waals surface area (Å²) in [6.07, 6.45) is 2.10. The molecule has 0 fully saturated rings. The smallest absolute Gasteiger partial charge is 0.0807 e. The van der Waals surface area contributed by atoms with E-state index in [1.54, 1.807) is 0 Å². The predicted molar refractivity (Wildman–Crippen MR) is 85.3 cm³/mol. The van der Waals surface area contributed by atoms with Crippen molar-refractivity contribution in [2.24, 2.45) is 0 Å². The molecule has 0 aliphatic carbocycles. The molecule has 0 saturated heterocycles. The van der Waals surface area contributed by atoms with Crippen LogP contribution in [-0.4, -0.2) is 16.1 Å². The second-order valence-electron chi connectivity index (χ2n) is 5.17. The minimum atomic E-state index is 0.209. The molecule has 1 unspecified atom stereocenters. The molecule has 0 amide bonds. The maximum absolute atomic E-state index is 4.30. The third-order valence-electron chi connectivity index (χ3n) is 3.61. The fourth-order valence-electron chi connectivity index (χ4n) is 2.36. The Hall–Kier alpha value is -1.26. The quantitative estimate of drug-likeness (QED) is 0.879. The van der Waals surface area contributed by atoms with E-state index < -0.39 is 0 Å². The molecule has 1 aromatic heterocycles. The minimum absolute atomic E-state index is 0.209. The summed E-state index contributed by atoms with van der Waals surface area (Å²) in [6, 6.07) is 6.90. The van der Waals surface area contributed by atoms with Crippen LogP contribution in [0.3, 0.4) is 0 Å². The first-order valence-electron chi connectivity index (χ1n) is 7.29. The van der Waals surface area contributed by atoms with Crippen LogP contribution in [0.5, 0.6) is 0 Å². The number of rotatable bonds is 6. The van der Waals surface area contributed by atoms with Gasteiger partial charge in [0.05, 0.1) is 16.6 Å². The van der Waals surface area contributed by atoms with Crippen LogP contribution >= 0.6 is 11.5 Å². The molecule has 1 aromatic carbocycles. The fourth-order valence-corrected chi connectivity index (χ4v) is 3.16. The maximum atomic E-state index is 4.30. The highest BCUT2D eigenvalue weighted by molar-refractivity contribution is 7.05. The lowest BCUT2D eigenvalue weighted by Gasteiger charge is -2.18. The zero-order valence-electron chi connectivity index (χ0n) is 12.7. The summed E-state index contributed by atoms with van der Waals surface area (Å²) >= 11 is 1.52. The van der Waals surface area contributed by atoms with Gasteiger partial charge in [-0.3, -0.25) is 0 Å². The van der Waals surface area contributed by atoms with Crippen LogP contribution < -0.4 is 5.32 Å². The van der Waals surface area contributed by atoms with Gasteiger partial charge in [0, 0.05) is 0 Å². The van der Waals surface area contributed by atoms with Gasteiger partial charge in [-0.2, -0.15) is 0 Å². The molecule has 0 bridgehead atoms. The Labute approximate surface area is 125 Å². The summed E-state index contributed by atoms with van der Waals surface area (Å²) in [7, 11) is 0. The van der Waals surface area contributed by atoms with E-state index in [4.69, 9.17) is 0 Å². The first-order chi connectivity index (χ1) is 9.67. The normalized spacial score (nSPS) is 12.6. The highest BCUT2D eigenvalue weighted by atomic mass is 32.1. The van der Waals surface area contributed by atoms with E-state index in [2.05, 4.69) is 60.8 Å². The molecule has 2 aromatic rings. The Morgan fingerprint density at radius 1 is 1.20 bits per heavy atom. The SMILES string of the molecule is CCCc1nnsc1C(NCC)c1ccc(C)c(C)c1. The van der Waals surface area contributed by atoms with Crippen LogP contribution in [0.15, 0.2) is 18.2 Å². The average Bonchev–Trinajstić information content (AvgIpc) is 2.88. The zero-order chi connectivity index (χ0) is 14.5. The summed E-state index contributed by atoms with van der Waals surface area (Å²) < 4.78 is 4.16. The highest BCUT2D eigenvalue weighted by Crippen LogP contribution is 2.28. The van der Waals surface area contributed by atoms with Crippen molar-refractivity contribution in [2.75, 3.05) is 6.54 Å². The Morgan fingerprint density at radius 3 is 2.65 bits per heavy atom. The van der Waals surface area contributed by atoms with E-state index in [1.165, 1.54) is 33.1 Å². The standard InChI is InChI=1S/C16H23N3S/c1-5-7-14-16(20-19-18-14)15(17-6-2)13-9-8-11(3)12(4)10-13/h8-10,15,17H,5-7H2,1-4H3.